The number of ether oxygens (including phenoxy) is 1. The van der Waals surface area contributed by atoms with Gasteiger partial charge in [-0.05, 0) is 56.3 Å². The van der Waals surface area contributed by atoms with Gasteiger partial charge in [0.2, 0.25) is 5.91 Å². The van der Waals surface area contributed by atoms with Crippen molar-refractivity contribution in [2.75, 3.05) is 31.6 Å². The van der Waals surface area contributed by atoms with Gasteiger partial charge in [0.15, 0.2) is 12.4 Å². The standard InChI is InChI=1S/C21H23N3O5/c25-19(22-11-16-2-1-9-28-16)12-24-7-5-14(6-8-24)21(27)15-3-4-18-17(10-15)23-20(26)13-29-18/h1-4,9-10,14H,5-8,11-13H2,(H,22,25)(H,23,26). The molecule has 8 heteroatoms. The quantitative estimate of drug-likeness (QED) is 0.721. The van der Waals surface area contributed by atoms with Crippen LogP contribution in [-0.2, 0) is 16.1 Å². The summed E-state index contributed by atoms with van der Waals surface area (Å²) in [6, 6.07) is 8.75. The molecule has 0 unspecified atom stereocenters. The van der Waals surface area contributed by atoms with Crippen LogP contribution in [0.1, 0.15) is 29.0 Å². The second-order valence-corrected chi connectivity index (χ2v) is 7.32. The van der Waals surface area contributed by atoms with Crippen LogP contribution in [-0.4, -0.2) is 48.7 Å². The van der Waals surface area contributed by atoms with Crippen LogP contribution in [0.5, 0.6) is 5.75 Å². The SMILES string of the molecule is O=C(CN1CCC(C(=O)c2ccc3c(c2)NC(=O)CO3)CC1)NCc1ccco1. The number of nitrogens with one attached hydrogen (secondary N) is 2. The maximum Gasteiger partial charge on any atom is 0.262 e. The Kier molecular flexibility index (Phi) is 5.62. The fourth-order valence-corrected chi connectivity index (χ4v) is 3.68. The van der Waals surface area contributed by atoms with Gasteiger partial charge >= 0.3 is 0 Å². The summed E-state index contributed by atoms with van der Waals surface area (Å²) in [6.07, 6.45) is 2.97. The predicted molar refractivity (Wildman–Crippen MR) is 105 cm³/mol. The molecule has 2 amide bonds. The number of Topliss-reactive ketones (excluding diaryl/α,β-unsaturated/α-hetero) is 1. The molecule has 1 saturated heterocycles. The van der Waals surface area contributed by atoms with Crippen LogP contribution < -0.4 is 15.4 Å². The predicted octanol–water partition coefficient (Wildman–Crippen LogP) is 1.82. The van der Waals surface area contributed by atoms with E-state index < -0.39 is 0 Å². The average Bonchev–Trinajstić information content (AvgIpc) is 3.25. The molecule has 0 saturated carbocycles. The van der Waals surface area contributed by atoms with Crippen LogP contribution in [0.25, 0.3) is 0 Å². The Hall–Kier alpha value is -3.13. The van der Waals surface area contributed by atoms with Gasteiger partial charge in [-0.2, -0.15) is 0 Å². The lowest BCUT2D eigenvalue weighted by Gasteiger charge is -2.30. The average molecular weight is 397 g/mol. The van der Waals surface area contributed by atoms with Crippen LogP contribution in [0.15, 0.2) is 41.0 Å². The summed E-state index contributed by atoms with van der Waals surface area (Å²) in [7, 11) is 0. The number of carbonyl (C=O) groups excluding carboxylic acids is 3. The molecule has 0 spiro atoms. The summed E-state index contributed by atoms with van der Waals surface area (Å²) in [4.78, 5) is 38.5. The van der Waals surface area contributed by atoms with Crippen molar-refractivity contribution < 1.29 is 23.5 Å². The molecule has 0 aliphatic carbocycles. The van der Waals surface area contributed by atoms with E-state index in [0.717, 1.165) is 0 Å². The van der Waals surface area contributed by atoms with Gasteiger partial charge in [0.1, 0.15) is 11.5 Å². The lowest BCUT2D eigenvalue weighted by molar-refractivity contribution is -0.122. The first-order chi connectivity index (χ1) is 14.1. The van der Waals surface area contributed by atoms with E-state index >= 15 is 0 Å². The number of hydrogen-bond donors (Lipinski definition) is 2. The first-order valence-corrected chi connectivity index (χ1v) is 9.71. The molecule has 0 radical (unpaired) electrons. The smallest absolute Gasteiger partial charge is 0.262 e. The zero-order valence-electron chi connectivity index (χ0n) is 16.0. The maximum atomic E-state index is 12.9. The van der Waals surface area contributed by atoms with Gasteiger partial charge in [0.25, 0.3) is 5.91 Å². The van der Waals surface area contributed by atoms with E-state index in [9.17, 15) is 14.4 Å². The van der Waals surface area contributed by atoms with Gasteiger partial charge in [0.05, 0.1) is 25.0 Å². The highest BCUT2D eigenvalue weighted by atomic mass is 16.5. The second kappa shape index (κ2) is 8.48. The third-order valence-electron chi connectivity index (χ3n) is 5.26. The molecule has 2 aliphatic heterocycles. The molecule has 4 rings (SSSR count). The van der Waals surface area contributed by atoms with Gasteiger partial charge < -0.3 is 19.8 Å². The van der Waals surface area contributed by atoms with E-state index in [2.05, 4.69) is 15.5 Å². The van der Waals surface area contributed by atoms with Crippen LogP contribution in [0, 0.1) is 5.92 Å². The molecule has 2 aromatic rings. The number of piperidine rings is 1. The Bertz CT molecular complexity index is 901. The molecule has 3 heterocycles. The minimum atomic E-state index is -0.222. The van der Waals surface area contributed by atoms with Crippen molar-refractivity contribution in [3.63, 3.8) is 0 Å². The zero-order chi connectivity index (χ0) is 20.2. The number of hydrogen-bond acceptors (Lipinski definition) is 6. The van der Waals surface area contributed by atoms with Gasteiger partial charge in [-0.25, -0.2) is 0 Å². The highest BCUT2D eigenvalue weighted by Crippen LogP contribution is 2.30. The molecule has 8 nitrogen and oxygen atoms in total. The van der Waals surface area contributed by atoms with E-state index in [4.69, 9.17) is 9.15 Å². The molecule has 2 aliphatic rings. The summed E-state index contributed by atoms with van der Waals surface area (Å²) < 4.78 is 10.5. The van der Waals surface area contributed by atoms with Gasteiger partial charge in [-0.1, -0.05) is 0 Å². The normalized spacial score (nSPS) is 17.2. The molecular formula is C21H23N3O5. The van der Waals surface area contributed by atoms with Gasteiger partial charge in [-0.15, -0.1) is 0 Å². The Labute approximate surface area is 168 Å². The topological polar surface area (TPSA) is 101 Å². The number of ketones is 1. The number of amides is 2. The Morgan fingerprint density at radius 3 is 2.79 bits per heavy atom. The fraction of sp³-hybridized carbons (Fsp3) is 0.381. The summed E-state index contributed by atoms with van der Waals surface area (Å²) >= 11 is 0. The molecule has 1 aromatic carbocycles. The van der Waals surface area contributed by atoms with Crippen LogP contribution in [0.2, 0.25) is 0 Å². The summed E-state index contributed by atoms with van der Waals surface area (Å²) in [5, 5.41) is 5.57. The fourth-order valence-electron chi connectivity index (χ4n) is 3.68. The molecular weight excluding hydrogens is 374 g/mol. The van der Waals surface area contributed by atoms with Crippen molar-refractivity contribution in [1.82, 2.24) is 10.2 Å². The third kappa shape index (κ3) is 4.65. The molecule has 0 atom stereocenters. The van der Waals surface area contributed by atoms with Crippen LogP contribution in [0.3, 0.4) is 0 Å². The number of furan rings is 1. The molecule has 2 N–H and O–H groups in total. The molecule has 1 aromatic heterocycles. The summed E-state index contributed by atoms with van der Waals surface area (Å²) in [5.41, 5.74) is 1.11. The summed E-state index contributed by atoms with van der Waals surface area (Å²) in [6.45, 7) is 2.06. The van der Waals surface area contributed by atoms with E-state index in [1.165, 1.54) is 0 Å². The minimum Gasteiger partial charge on any atom is -0.482 e. The van der Waals surface area contributed by atoms with Crippen LogP contribution >= 0.6 is 0 Å². The van der Waals surface area contributed by atoms with E-state index in [1.54, 1.807) is 30.5 Å². The Morgan fingerprint density at radius 1 is 1.21 bits per heavy atom. The third-order valence-corrected chi connectivity index (χ3v) is 5.26. The Balaban J connectivity index is 1.27. The number of carbonyl (C=O) groups is 3. The number of anilines is 1. The largest absolute Gasteiger partial charge is 0.482 e. The van der Waals surface area contributed by atoms with Crippen molar-refractivity contribution >= 4 is 23.3 Å². The zero-order valence-corrected chi connectivity index (χ0v) is 16.0. The van der Waals surface area contributed by atoms with Gasteiger partial charge in [-0.3, -0.25) is 19.3 Å². The second-order valence-electron chi connectivity index (χ2n) is 7.32. The molecule has 1 fully saturated rings. The minimum absolute atomic E-state index is 0.00611. The highest BCUT2D eigenvalue weighted by Gasteiger charge is 2.27. The van der Waals surface area contributed by atoms with Crippen LogP contribution in [0.4, 0.5) is 5.69 Å². The van der Waals surface area contributed by atoms with E-state index in [1.807, 2.05) is 6.07 Å². The number of nitrogens with zero attached hydrogens (tertiary/aromatic N) is 1. The number of benzene rings is 1. The van der Waals surface area contributed by atoms with Crippen molar-refractivity contribution in [2.45, 2.75) is 19.4 Å². The maximum absolute atomic E-state index is 12.9. The summed E-state index contributed by atoms with van der Waals surface area (Å²) in [5.74, 6) is 0.994. The van der Waals surface area contributed by atoms with Crippen molar-refractivity contribution in [1.29, 1.82) is 0 Å². The first-order valence-electron chi connectivity index (χ1n) is 9.71. The number of likely N-dealkylation sites (tertiary alicyclic amines) is 1. The monoisotopic (exact) mass is 397 g/mol. The molecule has 29 heavy (non-hydrogen) atoms. The Morgan fingerprint density at radius 2 is 2.03 bits per heavy atom. The van der Waals surface area contributed by atoms with Crippen molar-refractivity contribution in [3.05, 3.63) is 47.9 Å². The first kappa shape index (κ1) is 19.2. The number of rotatable bonds is 6. The highest BCUT2D eigenvalue weighted by molar-refractivity contribution is 6.01. The van der Waals surface area contributed by atoms with E-state index in [-0.39, 0.29) is 30.1 Å². The number of fused-ring (bicyclic) bond motifs is 1. The van der Waals surface area contributed by atoms with Crippen molar-refractivity contribution in [2.24, 2.45) is 5.92 Å². The van der Waals surface area contributed by atoms with Gasteiger partial charge in [0, 0.05) is 11.5 Å². The van der Waals surface area contributed by atoms with Crippen molar-refractivity contribution in [3.8, 4) is 5.75 Å². The lowest BCUT2D eigenvalue weighted by Crippen LogP contribution is -2.42. The molecule has 152 valence electrons. The van der Waals surface area contributed by atoms with E-state index in [0.29, 0.717) is 61.8 Å². The molecule has 0 bridgehead atoms. The lowest BCUT2D eigenvalue weighted by atomic mass is 9.88.